The zero-order valence-electron chi connectivity index (χ0n) is 18.7. The number of benzene rings is 2. The van der Waals surface area contributed by atoms with Gasteiger partial charge >= 0.3 is 5.97 Å². The van der Waals surface area contributed by atoms with Crippen molar-refractivity contribution < 1.29 is 23.9 Å². The first kappa shape index (κ1) is 22.7. The number of nitrogens with one attached hydrogen (secondary N) is 2. The molecule has 0 radical (unpaired) electrons. The van der Waals surface area contributed by atoms with Crippen LogP contribution in [0.25, 0.3) is 5.69 Å². The van der Waals surface area contributed by atoms with Crippen molar-refractivity contribution in [2.75, 3.05) is 16.9 Å². The molecule has 34 heavy (non-hydrogen) atoms. The topological polar surface area (TPSA) is 123 Å². The number of ether oxygens (including phenoxy) is 1. The maximum Gasteiger partial charge on any atom is 0.338 e. The van der Waals surface area contributed by atoms with Gasteiger partial charge in [0.15, 0.2) is 6.61 Å². The Morgan fingerprint density at radius 3 is 2.41 bits per heavy atom. The van der Waals surface area contributed by atoms with Gasteiger partial charge in [-0.25, -0.2) is 14.5 Å². The average Bonchev–Trinajstić information content (AvgIpc) is 3.13. The quantitative estimate of drug-likeness (QED) is 0.544. The molecule has 0 saturated carbocycles. The number of esters is 1. The van der Waals surface area contributed by atoms with E-state index in [9.17, 15) is 19.2 Å². The molecule has 10 nitrogen and oxygen atoms in total. The Hall–Kier alpha value is -4.47. The van der Waals surface area contributed by atoms with Gasteiger partial charge in [-0.05, 0) is 50.2 Å². The molecule has 3 aromatic rings. The van der Waals surface area contributed by atoms with Crippen LogP contribution >= 0.6 is 0 Å². The molecule has 2 N–H and O–H groups in total. The summed E-state index contributed by atoms with van der Waals surface area (Å²) in [6.07, 6.45) is 0.266. The van der Waals surface area contributed by atoms with E-state index in [1.807, 2.05) is 37.3 Å². The summed E-state index contributed by atoms with van der Waals surface area (Å²) in [5.74, 6) is -1.68. The van der Waals surface area contributed by atoms with E-state index in [1.165, 1.54) is 24.3 Å². The van der Waals surface area contributed by atoms with E-state index < -0.39 is 18.5 Å². The molecule has 174 valence electrons. The van der Waals surface area contributed by atoms with Gasteiger partial charge in [0.05, 0.1) is 34.0 Å². The van der Waals surface area contributed by atoms with Crippen molar-refractivity contribution in [2.45, 2.75) is 26.7 Å². The molecule has 0 bridgehead atoms. The van der Waals surface area contributed by atoms with E-state index in [1.54, 1.807) is 11.6 Å². The highest BCUT2D eigenvalue weighted by Gasteiger charge is 2.24. The third kappa shape index (κ3) is 4.80. The Morgan fingerprint density at radius 1 is 1.00 bits per heavy atom. The minimum Gasteiger partial charge on any atom is -0.452 e. The largest absolute Gasteiger partial charge is 0.452 e. The van der Waals surface area contributed by atoms with Crippen molar-refractivity contribution in [3.63, 3.8) is 0 Å². The first-order chi connectivity index (χ1) is 16.3. The molecule has 1 saturated heterocycles. The molecule has 10 heteroatoms. The number of amides is 3. The van der Waals surface area contributed by atoms with Crippen molar-refractivity contribution in [3.05, 3.63) is 71.5 Å². The van der Waals surface area contributed by atoms with Crippen LogP contribution in [0, 0.1) is 13.8 Å². The number of carbonyl (C=O) groups excluding carboxylic acids is 4. The number of anilines is 2. The lowest BCUT2D eigenvalue weighted by Gasteiger charge is -2.27. The third-order valence-corrected chi connectivity index (χ3v) is 5.30. The molecule has 0 unspecified atom stereocenters. The normalized spacial score (nSPS) is 13.4. The molecule has 1 aliphatic rings. The molecule has 1 aromatic heterocycles. The molecule has 1 aliphatic heterocycles. The monoisotopic (exact) mass is 461 g/mol. The van der Waals surface area contributed by atoms with Gasteiger partial charge < -0.3 is 10.1 Å². The summed E-state index contributed by atoms with van der Waals surface area (Å²) in [5.41, 5.74) is 5.92. The van der Waals surface area contributed by atoms with E-state index >= 15 is 0 Å². The van der Waals surface area contributed by atoms with E-state index in [-0.39, 0.29) is 30.2 Å². The molecule has 0 spiro atoms. The van der Waals surface area contributed by atoms with Crippen molar-refractivity contribution in [3.8, 4) is 5.69 Å². The van der Waals surface area contributed by atoms with E-state index in [4.69, 9.17) is 4.74 Å². The fourth-order valence-electron chi connectivity index (χ4n) is 3.56. The summed E-state index contributed by atoms with van der Waals surface area (Å²) in [4.78, 5) is 48.3. The number of hydrazine groups is 1. The first-order valence-electron chi connectivity index (χ1n) is 10.6. The number of rotatable bonds is 6. The van der Waals surface area contributed by atoms with Crippen molar-refractivity contribution in [1.29, 1.82) is 0 Å². The van der Waals surface area contributed by atoms with Gasteiger partial charge in [0.1, 0.15) is 0 Å². The van der Waals surface area contributed by atoms with Crippen molar-refractivity contribution >= 4 is 35.1 Å². The minimum absolute atomic E-state index is 0.119. The van der Waals surface area contributed by atoms with E-state index in [2.05, 4.69) is 15.8 Å². The second-order valence-corrected chi connectivity index (χ2v) is 7.73. The Kier molecular flexibility index (Phi) is 6.39. The Labute approximate surface area is 195 Å². The van der Waals surface area contributed by atoms with Crippen molar-refractivity contribution in [2.24, 2.45) is 0 Å². The van der Waals surface area contributed by atoms with Gasteiger partial charge in [-0.1, -0.05) is 18.2 Å². The lowest BCUT2D eigenvalue weighted by Crippen LogP contribution is -2.50. The predicted molar refractivity (Wildman–Crippen MR) is 123 cm³/mol. The van der Waals surface area contributed by atoms with Crippen LogP contribution in [0.15, 0.2) is 54.6 Å². The smallest absolute Gasteiger partial charge is 0.338 e. The van der Waals surface area contributed by atoms with Gasteiger partial charge in [0, 0.05) is 12.8 Å². The Bertz CT molecular complexity index is 1250. The number of hydrogen-bond acceptors (Lipinski definition) is 6. The van der Waals surface area contributed by atoms with Gasteiger partial charge in [-0.3, -0.25) is 19.8 Å². The highest BCUT2D eigenvalue weighted by molar-refractivity contribution is 6.01. The van der Waals surface area contributed by atoms with E-state index in [0.717, 1.165) is 16.4 Å². The second-order valence-electron chi connectivity index (χ2n) is 7.73. The number of aryl methyl sites for hydroxylation is 1. The van der Waals surface area contributed by atoms with Crippen molar-refractivity contribution in [1.82, 2.24) is 15.2 Å². The molecular formula is C24H23N5O5. The van der Waals surface area contributed by atoms with Crippen LogP contribution in [0.4, 0.5) is 11.4 Å². The molecule has 2 aromatic carbocycles. The lowest BCUT2D eigenvalue weighted by molar-refractivity contribution is -0.130. The molecule has 3 amide bonds. The van der Waals surface area contributed by atoms with Crippen LogP contribution in [-0.2, 0) is 19.1 Å². The number of hydrogen-bond donors (Lipinski definition) is 2. The first-order valence-corrected chi connectivity index (χ1v) is 10.6. The van der Waals surface area contributed by atoms with Gasteiger partial charge in [0.2, 0.25) is 11.8 Å². The summed E-state index contributed by atoms with van der Waals surface area (Å²) in [7, 11) is 0. The average molecular weight is 461 g/mol. The summed E-state index contributed by atoms with van der Waals surface area (Å²) >= 11 is 0. The summed E-state index contributed by atoms with van der Waals surface area (Å²) in [5, 5.41) is 8.37. The van der Waals surface area contributed by atoms with Crippen LogP contribution < -0.4 is 15.8 Å². The molecule has 2 heterocycles. The van der Waals surface area contributed by atoms with Crippen LogP contribution in [0.1, 0.15) is 34.6 Å². The molecule has 0 atom stereocenters. The van der Waals surface area contributed by atoms with Gasteiger partial charge in [-0.15, -0.1) is 0 Å². The number of aromatic nitrogens is 2. The van der Waals surface area contributed by atoms with Gasteiger partial charge in [-0.2, -0.15) is 5.10 Å². The molecule has 1 fully saturated rings. The number of para-hydroxylation sites is 1. The van der Waals surface area contributed by atoms with Crippen LogP contribution in [0.3, 0.4) is 0 Å². The maximum absolute atomic E-state index is 12.4. The Balaban J connectivity index is 1.35. The number of nitrogens with zero attached hydrogens (tertiary/aromatic N) is 3. The lowest BCUT2D eigenvalue weighted by atomic mass is 10.2. The SMILES string of the molecule is Cc1nn(-c2ccccc2)c(C)c1NC(=O)COC(=O)c1ccc(N2NC(=O)CCC2=O)cc1. The highest BCUT2D eigenvalue weighted by atomic mass is 16.5. The predicted octanol–water partition coefficient (Wildman–Crippen LogP) is 2.44. The van der Waals surface area contributed by atoms with Crippen LogP contribution in [0.2, 0.25) is 0 Å². The van der Waals surface area contributed by atoms with Gasteiger partial charge in [0.25, 0.3) is 5.91 Å². The standard InChI is InChI=1S/C24H23N5O5/c1-15-23(16(2)28(26-15)18-6-4-3-5-7-18)25-21(31)14-34-24(33)17-8-10-19(11-9-17)29-22(32)13-12-20(30)27-29/h3-11H,12-14H2,1-2H3,(H,25,31)(H,27,30). The van der Waals surface area contributed by atoms with E-state index in [0.29, 0.717) is 17.1 Å². The minimum atomic E-state index is -0.691. The highest BCUT2D eigenvalue weighted by Crippen LogP contribution is 2.23. The number of carbonyl (C=O) groups is 4. The third-order valence-electron chi connectivity index (χ3n) is 5.30. The summed E-state index contributed by atoms with van der Waals surface area (Å²) in [6, 6.07) is 15.5. The molecular weight excluding hydrogens is 438 g/mol. The molecule has 0 aliphatic carbocycles. The summed E-state index contributed by atoms with van der Waals surface area (Å²) < 4.78 is 6.86. The fourth-order valence-corrected chi connectivity index (χ4v) is 3.56. The Morgan fingerprint density at radius 2 is 1.71 bits per heavy atom. The summed E-state index contributed by atoms with van der Waals surface area (Å²) in [6.45, 7) is 3.15. The van der Waals surface area contributed by atoms with Crippen LogP contribution in [0.5, 0.6) is 0 Å². The second kappa shape index (κ2) is 9.57. The fraction of sp³-hybridized carbons (Fsp3) is 0.208. The van der Waals surface area contributed by atoms with Crippen LogP contribution in [-0.4, -0.2) is 40.1 Å². The maximum atomic E-state index is 12.4. The zero-order chi connectivity index (χ0) is 24.2. The zero-order valence-corrected chi connectivity index (χ0v) is 18.7. The molecule has 4 rings (SSSR count).